The van der Waals surface area contributed by atoms with Gasteiger partial charge in [0.15, 0.2) is 9.84 Å². The van der Waals surface area contributed by atoms with E-state index in [4.69, 9.17) is 0 Å². The van der Waals surface area contributed by atoms with Gasteiger partial charge in [-0.15, -0.1) is 0 Å². The fourth-order valence-electron chi connectivity index (χ4n) is 2.38. The van der Waals surface area contributed by atoms with E-state index >= 15 is 0 Å². The summed E-state index contributed by atoms with van der Waals surface area (Å²) in [6, 6.07) is 15.7. The lowest BCUT2D eigenvalue weighted by Crippen LogP contribution is -2.28. The van der Waals surface area contributed by atoms with E-state index in [-0.39, 0.29) is 10.8 Å². The number of allylic oxidation sites excluding steroid dienone is 1. The van der Waals surface area contributed by atoms with Crippen LogP contribution >= 0.6 is 0 Å². The Morgan fingerprint density at radius 1 is 1.00 bits per heavy atom. The summed E-state index contributed by atoms with van der Waals surface area (Å²) in [4.78, 5) is 12.4. The molecule has 0 aromatic heterocycles. The van der Waals surface area contributed by atoms with Crippen molar-refractivity contribution in [1.29, 1.82) is 0 Å². The molecule has 0 bridgehead atoms. The monoisotopic (exact) mass is 343 g/mol. The molecule has 0 fully saturated rings. The zero-order valence-electron chi connectivity index (χ0n) is 14.0. The molecular weight excluding hydrogens is 322 g/mol. The summed E-state index contributed by atoms with van der Waals surface area (Å²) in [6.07, 6.45) is 2.70. The molecule has 1 amide bonds. The van der Waals surface area contributed by atoms with Crippen molar-refractivity contribution in [3.05, 3.63) is 77.4 Å². The van der Waals surface area contributed by atoms with E-state index in [1.807, 2.05) is 50.2 Å². The predicted molar refractivity (Wildman–Crippen MR) is 95.4 cm³/mol. The van der Waals surface area contributed by atoms with E-state index in [9.17, 15) is 13.2 Å². The van der Waals surface area contributed by atoms with Gasteiger partial charge in [0, 0.05) is 12.3 Å². The molecule has 0 spiro atoms. The number of rotatable bonds is 5. The molecule has 1 unspecified atom stereocenters. The number of amides is 1. The van der Waals surface area contributed by atoms with Gasteiger partial charge in [0.2, 0.25) is 5.91 Å². The minimum Gasteiger partial charge on any atom is -0.342 e. The lowest BCUT2D eigenvalue weighted by atomic mass is 9.98. The first-order valence-corrected chi connectivity index (χ1v) is 9.47. The molecule has 0 aliphatic heterocycles. The van der Waals surface area contributed by atoms with Crippen molar-refractivity contribution in [3.8, 4) is 0 Å². The molecule has 5 heteroatoms. The van der Waals surface area contributed by atoms with Crippen LogP contribution in [0.1, 0.15) is 31.0 Å². The minimum atomic E-state index is -3.31. The second-order valence-corrected chi connectivity index (χ2v) is 7.93. The fourth-order valence-corrected chi connectivity index (χ4v) is 3.05. The number of carbonyl (C=O) groups is 1. The molecule has 2 aromatic carbocycles. The topological polar surface area (TPSA) is 63.2 Å². The molecule has 24 heavy (non-hydrogen) atoms. The molecule has 0 radical (unpaired) electrons. The van der Waals surface area contributed by atoms with Crippen molar-refractivity contribution in [2.45, 2.75) is 24.8 Å². The van der Waals surface area contributed by atoms with Gasteiger partial charge >= 0.3 is 0 Å². The molecule has 0 aliphatic carbocycles. The molecule has 4 nitrogen and oxygen atoms in total. The van der Waals surface area contributed by atoms with Gasteiger partial charge < -0.3 is 5.32 Å². The van der Waals surface area contributed by atoms with Crippen molar-refractivity contribution < 1.29 is 13.2 Å². The molecule has 1 N–H and O–H groups in total. The maximum Gasteiger partial charge on any atom is 0.244 e. The minimum absolute atomic E-state index is 0.214. The lowest BCUT2D eigenvalue weighted by Gasteiger charge is -2.20. The Hall–Kier alpha value is -2.40. The van der Waals surface area contributed by atoms with Gasteiger partial charge in [-0.3, -0.25) is 4.79 Å². The fraction of sp³-hybridized carbons (Fsp3) is 0.211. The molecule has 0 saturated heterocycles. The maximum atomic E-state index is 12.2. The second kappa shape index (κ2) is 7.45. The number of benzene rings is 2. The van der Waals surface area contributed by atoms with E-state index in [2.05, 4.69) is 5.32 Å². The first kappa shape index (κ1) is 17.9. The first-order valence-electron chi connectivity index (χ1n) is 7.58. The summed E-state index contributed by atoms with van der Waals surface area (Å²) >= 11 is 0. The molecule has 2 rings (SSSR count). The van der Waals surface area contributed by atoms with Gasteiger partial charge in [-0.25, -0.2) is 8.42 Å². The molecule has 1 atom stereocenters. The van der Waals surface area contributed by atoms with Gasteiger partial charge in [-0.05, 0) is 37.1 Å². The van der Waals surface area contributed by atoms with Crippen molar-refractivity contribution >= 4 is 15.7 Å². The first-order chi connectivity index (χ1) is 11.3. The van der Waals surface area contributed by atoms with Crippen LogP contribution in [0.4, 0.5) is 0 Å². The van der Waals surface area contributed by atoms with Crippen molar-refractivity contribution in [2.75, 3.05) is 6.26 Å². The van der Waals surface area contributed by atoms with Crippen LogP contribution in [0.5, 0.6) is 0 Å². The third-order valence-electron chi connectivity index (χ3n) is 3.46. The van der Waals surface area contributed by atoms with E-state index in [0.717, 1.165) is 16.7 Å². The van der Waals surface area contributed by atoms with Gasteiger partial charge in [-0.1, -0.05) is 48.0 Å². The van der Waals surface area contributed by atoms with E-state index in [1.54, 1.807) is 18.2 Å². The predicted octanol–water partition coefficient (Wildman–Crippen LogP) is 3.26. The van der Waals surface area contributed by atoms with Crippen LogP contribution in [0.3, 0.4) is 0 Å². The normalized spacial score (nSPS) is 12.3. The molecule has 2 aromatic rings. The number of nitrogens with one attached hydrogen (secondary N) is 1. The number of sulfone groups is 1. The van der Waals surface area contributed by atoms with Crippen LogP contribution < -0.4 is 5.32 Å². The SMILES string of the molecule is CC(C)=CC(=O)NC(c1ccccc1)c1cccc(S(C)(=O)=O)c1. The summed E-state index contributed by atoms with van der Waals surface area (Å²) in [5.41, 5.74) is 2.50. The van der Waals surface area contributed by atoms with E-state index in [0.29, 0.717) is 0 Å². The third kappa shape index (κ3) is 4.80. The Morgan fingerprint density at radius 3 is 2.21 bits per heavy atom. The molecule has 0 aliphatic rings. The Balaban J connectivity index is 2.47. The van der Waals surface area contributed by atoms with Gasteiger partial charge in [-0.2, -0.15) is 0 Å². The van der Waals surface area contributed by atoms with Crippen LogP contribution in [0.15, 0.2) is 71.1 Å². The Labute approximate surface area is 143 Å². The largest absolute Gasteiger partial charge is 0.342 e. The Bertz CT molecular complexity index is 851. The number of hydrogen-bond acceptors (Lipinski definition) is 3. The highest BCUT2D eigenvalue weighted by atomic mass is 32.2. The zero-order chi connectivity index (χ0) is 17.7. The number of hydrogen-bond donors (Lipinski definition) is 1. The summed E-state index contributed by atoms with van der Waals surface area (Å²) in [5, 5.41) is 2.95. The van der Waals surface area contributed by atoms with Gasteiger partial charge in [0.25, 0.3) is 0 Å². The van der Waals surface area contributed by atoms with Crippen molar-refractivity contribution in [1.82, 2.24) is 5.32 Å². The highest BCUT2D eigenvalue weighted by Crippen LogP contribution is 2.24. The van der Waals surface area contributed by atoms with Gasteiger partial charge in [0.05, 0.1) is 10.9 Å². The maximum absolute atomic E-state index is 12.2. The lowest BCUT2D eigenvalue weighted by molar-refractivity contribution is -0.117. The smallest absolute Gasteiger partial charge is 0.244 e. The van der Waals surface area contributed by atoms with Crippen LogP contribution in [0.25, 0.3) is 0 Å². The second-order valence-electron chi connectivity index (χ2n) is 5.92. The van der Waals surface area contributed by atoms with E-state index in [1.165, 1.54) is 12.3 Å². The quantitative estimate of drug-likeness (QED) is 0.848. The Kier molecular flexibility index (Phi) is 5.57. The summed E-state index contributed by atoms with van der Waals surface area (Å²) in [6.45, 7) is 3.70. The summed E-state index contributed by atoms with van der Waals surface area (Å²) < 4.78 is 23.6. The van der Waals surface area contributed by atoms with Crippen LogP contribution in [0, 0.1) is 0 Å². The standard InChI is InChI=1S/C19H21NO3S/c1-14(2)12-18(21)20-19(15-8-5-4-6-9-15)16-10-7-11-17(13-16)24(3,22)23/h4-13,19H,1-3H3,(H,20,21). The average Bonchev–Trinajstić information content (AvgIpc) is 2.52. The van der Waals surface area contributed by atoms with Crippen LogP contribution in [-0.4, -0.2) is 20.6 Å². The highest BCUT2D eigenvalue weighted by molar-refractivity contribution is 7.90. The summed E-state index contributed by atoms with van der Waals surface area (Å²) in [7, 11) is -3.31. The third-order valence-corrected chi connectivity index (χ3v) is 4.57. The zero-order valence-corrected chi connectivity index (χ0v) is 14.8. The molecule has 0 heterocycles. The number of carbonyl (C=O) groups excluding carboxylic acids is 1. The van der Waals surface area contributed by atoms with E-state index < -0.39 is 15.9 Å². The Morgan fingerprint density at radius 2 is 1.62 bits per heavy atom. The van der Waals surface area contributed by atoms with Crippen LogP contribution in [0.2, 0.25) is 0 Å². The highest BCUT2D eigenvalue weighted by Gasteiger charge is 2.18. The summed E-state index contributed by atoms with van der Waals surface area (Å²) in [5.74, 6) is -0.214. The molecular formula is C19H21NO3S. The average molecular weight is 343 g/mol. The molecule has 126 valence electrons. The van der Waals surface area contributed by atoms with Gasteiger partial charge in [0.1, 0.15) is 0 Å². The van der Waals surface area contributed by atoms with Crippen LogP contribution in [-0.2, 0) is 14.6 Å². The van der Waals surface area contributed by atoms with Crippen molar-refractivity contribution in [3.63, 3.8) is 0 Å². The molecule has 0 saturated carbocycles. The van der Waals surface area contributed by atoms with Crippen molar-refractivity contribution in [2.24, 2.45) is 0 Å².